The van der Waals surface area contributed by atoms with Crippen molar-refractivity contribution in [3.8, 4) is 0 Å². The Hall–Kier alpha value is -3.86. The number of nitrogens with one attached hydrogen (secondary N) is 1. The van der Waals surface area contributed by atoms with E-state index in [0.29, 0.717) is 49.2 Å². The van der Waals surface area contributed by atoms with Crippen LogP contribution in [0.5, 0.6) is 0 Å². The zero-order chi connectivity index (χ0) is 26.2. The van der Waals surface area contributed by atoms with E-state index < -0.39 is 12.3 Å². The summed E-state index contributed by atoms with van der Waals surface area (Å²) in [6.45, 7) is 5.04. The number of halogens is 2. The van der Waals surface area contributed by atoms with Gasteiger partial charge in [0.2, 0.25) is 18.3 Å². The average molecular weight is 502 g/mol. The van der Waals surface area contributed by atoms with Gasteiger partial charge in [-0.15, -0.1) is 0 Å². The van der Waals surface area contributed by atoms with E-state index in [4.69, 9.17) is 0 Å². The van der Waals surface area contributed by atoms with Crippen LogP contribution in [0, 0.1) is 0 Å². The molecule has 1 fully saturated rings. The number of aliphatic hydroxyl groups is 1. The standard InChI is InChI=1S/C23H23F2N5O4.C2H6/c24-21(25)15-3-1-4-16(11-15)22(34)27-23-26-18-12-17(5-6-19(18)30(23)7-2-10-31)29-9-8-28(14-32)13-20(29)33;1-2/h1,3-6,11-12,14,21,31H,2,7-10,13H2,(H,26,27,34);1-2H3. The summed E-state index contributed by atoms with van der Waals surface area (Å²) < 4.78 is 27.8. The summed E-state index contributed by atoms with van der Waals surface area (Å²) in [6.07, 6.45) is -1.65. The maximum absolute atomic E-state index is 13.0. The molecule has 3 aromatic rings. The van der Waals surface area contributed by atoms with E-state index in [1.165, 1.54) is 23.1 Å². The first-order chi connectivity index (χ1) is 17.4. The Bertz CT molecular complexity index is 1230. The van der Waals surface area contributed by atoms with E-state index in [-0.39, 0.29) is 36.1 Å². The van der Waals surface area contributed by atoms with Crippen molar-refractivity contribution in [1.82, 2.24) is 14.5 Å². The van der Waals surface area contributed by atoms with Crippen LogP contribution in [0.2, 0.25) is 0 Å². The monoisotopic (exact) mass is 501 g/mol. The van der Waals surface area contributed by atoms with Crippen LogP contribution in [-0.2, 0) is 16.1 Å². The number of rotatable bonds is 8. The number of piperazine rings is 1. The SMILES string of the molecule is CC.O=CN1CCN(c2ccc3c(c2)nc(NC(=O)c2cccc(C(F)F)c2)n3CCCO)C(=O)C1. The van der Waals surface area contributed by atoms with Crippen LogP contribution in [0.25, 0.3) is 11.0 Å². The molecule has 1 aliphatic heterocycles. The highest BCUT2D eigenvalue weighted by molar-refractivity contribution is 6.04. The van der Waals surface area contributed by atoms with Gasteiger partial charge in [0.1, 0.15) is 0 Å². The van der Waals surface area contributed by atoms with Crippen molar-refractivity contribution in [3.63, 3.8) is 0 Å². The van der Waals surface area contributed by atoms with Gasteiger partial charge in [-0.05, 0) is 36.8 Å². The van der Waals surface area contributed by atoms with E-state index >= 15 is 0 Å². The zero-order valence-corrected chi connectivity index (χ0v) is 20.2. The van der Waals surface area contributed by atoms with Crippen LogP contribution in [-0.4, -0.2) is 64.0 Å². The number of hydrogen-bond acceptors (Lipinski definition) is 5. The molecule has 2 aromatic carbocycles. The number of aliphatic hydroxyl groups excluding tert-OH is 1. The van der Waals surface area contributed by atoms with E-state index in [9.17, 15) is 28.3 Å². The molecule has 0 spiro atoms. The van der Waals surface area contributed by atoms with Crippen LogP contribution >= 0.6 is 0 Å². The Morgan fingerprint density at radius 1 is 1.19 bits per heavy atom. The number of amides is 3. The highest BCUT2D eigenvalue weighted by atomic mass is 19.3. The Kier molecular flexibility index (Phi) is 9.07. The van der Waals surface area contributed by atoms with Crippen molar-refractivity contribution in [2.24, 2.45) is 0 Å². The Labute approximate surface area is 207 Å². The summed E-state index contributed by atoms with van der Waals surface area (Å²) >= 11 is 0. The van der Waals surface area contributed by atoms with Gasteiger partial charge < -0.3 is 19.5 Å². The van der Waals surface area contributed by atoms with Crippen LogP contribution in [0.4, 0.5) is 20.4 Å². The number of aryl methyl sites for hydroxylation is 1. The third-order valence-electron chi connectivity index (χ3n) is 5.61. The lowest BCUT2D eigenvalue weighted by atomic mass is 10.1. The number of fused-ring (bicyclic) bond motifs is 1. The number of benzene rings is 2. The summed E-state index contributed by atoms with van der Waals surface area (Å²) in [7, 11) is 0. The van der Waals surface area contributed by atoms with Gasteiger partial charge in [-0.3, -0.25) is 19.7 Å². The van der Waals surface area contributed by atoms with Crippen molar-refractivity contribution >= 4 is 40.9 Å². The van der Waals surface area contributed by atoms with Crippen molar-refractivity contribution < 1.29 is 28.3 Å². The van der Waals surface area contributed by atoms with Crippen LogP contribution in [0.3, 0.4) is 0 Å². The number of carbonyl (C=O) groups is 3. The van der Waals surface area contributed by atoms with Gasteiger partial charge in [0.05, 0.1) is 17.6 Å². The summed E-state index contributed by atoms with van der Waals surface area (Å²) in [4.78, 5) is 43.6. The normalized spacial score (nSPS) is 13.6. The summed E-state index contributed by atoms with van der Waals surface area (Å²) in [5.41, 5.74) is 1.60. The predicted molar refractivity (Wildman–Crippen MR) is 132 cm³/mol. The molecule has 2 N–H and O–H groups in total. The van der Waals surface area contributed by atoms with Gasteiger partial charge in [-0.1, -0.05) is 26.0 Å². The fourth-order valence-electron chi connectivity index (χ4n) is 3.88. The van der Waals surface area contributed by atoms with Crippen molar-refractivity contribution in [3.05, 3.63) is 53.6 Å². The van der Waals surface area contributed by atoms with Crippen molar-refractivity contribution in [1.29, 1.82) is 0 Å². The number of hydrogen-bond donors (Lipinski definition) is 2. The van der Waals surface area contributed by atoms with E-state index in [2.05, 4.69) is 10.3 Å². The van der Waals surface area contributed by atoms with Gasteiger partial charge in [-0.25, -0.2) is 13.8 Å². The fraction of sp³-hybridized carbons (Fsp3) is 0.360. The highest BCUT2D eigenvalue weighted by Crippen LogP contribution is 2.27. The van der Waals surface area contributed by atoms with E-state index in [0.717, 1.165) is 6.07 Å². The molecule has 3 amide bonds. The molecule has 11 heteroatoms. The van der Waals surface area contributed by atoms with Gasteiger partial charge >= 0.3 is 0 Å². The first kappa shape index (κ1) is 26.7. The molecule has 2 heterocycles. The minimum Gasteiger partial charge on any atom is -0.396 e. The predicted octanol–water partition coefficient (Wildman–Crippen LogP) is 3.44. The van der Waals surface area contributed by atoms with Gasteiger partial charge in [-0.2, -0.15) is 0 Å². The summed E-state index contributed by atoms with van der Waals surface area (Å²) in [5.74, 6) is -0.613. The highest BCUT2D eigenvalue weighted by Gasteiger charge is 2.25. The number of alkyl halides is 2. The number of carbonyl (C=O) groups excluding carboxylic acids is 3. The van der Waals surface area contributed by atoms with E-state index in [1.54, 1.807) is 27.7 Å². The van der Waals surface area contributed by atoms with Crippen molar-refractivity contribution in [2.75, 3.05) is 36.5 Å². The lowest BCUT2D eigenvalue weighted by Crippen LogP contribution is -2.49. The van der Waals surface area contributed by atoms with Gasteiger partial charge in [0, 0.05) is 43.1 Å². The second-order valence-electron chi connectivity index (χ2n) is 7.84. The number of aromatic nitrogens is 2. The summed E-state index contributed by atoms with van der Waals surface area (Å²) in [6, 6.07) is 10.4. The van der Waals surface area contributed by atoms with Crippen molar-refractivity contribution in [2.45, 2.75) is 33.2 Å². The number of nitrogens with zero attached hydrogens (tertiary/aromatic N) is 4. The molecular weight excluding hydrogens is 472 g/mol. The molecule has 0 unspecified atom stereocenters. The largest absolute Gasteiger partial charge is 0.396 e. The summed E-state index contributed by atoms with van der Waals surface area (Å²) in [5, 5.41) is 12.0. The molecule has 0 atom stereocenters. The lowest BCUT2D eigenvalue weighted by molar-refractivity contribution is -0.128. The third kappa shape index (κ3) is 5.85. The Morgan fingerprint density at radius 2 is 1.97 bits per heavy atom. The molecule has 0 bridgehead atoms. The zero-order valence-electron chi connectivity index (χ0n) is 20.2. The minimum absolute atomic E-state index is 0.00847. The second-order valence-corrected chi connectivity index (χ2v) is 7.84. The average Bonchev–Trinajstić information content (AvgIpc) is 3.24. The maximum Gasteiger partial charge on any atom is 0.263 e. The molecule has 1 aromatic heterocycles. The maximum atomic E-state index is 13.0. The number of imidazole rings is 1. The smallest absolute Gasteiger partial charge is 0.263 e. The molecule has 1 aliphatic rings. The fourth-order valence-corrected chi connectivity index (χ4v) is 3.88. The van der Waals surface area contributed by atoms with Crippen LogP contribution < -0.4 is 10.2 Å². The van der Waals surface area contributed by atoms with Gasteiger partial charge in [0.15, 0.2) is 0 Å². The first-order valence-electron chi connectivity index (χ1n) is 11.7. The lowest BCUT2D eigenvalue weighted by Gasteiger charge is -2.32. The molecule has 36 heavy (non-hydrogen) atoms. The molecule has 1 saturated heterocycles. The molecule has 0 saturated carbocycles. The second kappa shape index (κ2) is 12.2. The topological polar surface area (TPSA) is 108 Å². The third-order valence-corrected chi connectivity index (χ3v) is 5.61. The number of anilines is 2. The van der Waals surface area contributed by atoms with Crippen LogP contribution in [0.15, 0.2) is 42.5 Å². The molecular formula is C25H29F2N5O4. The molecule has 0 radical (unpaired) electrons. The molecule has 9 nitrogen and oxygen atoms in total. The minimum atomic E-state index is -2.70. The molecule has 4 rings (SSSR count). The van der Waals surface area contributed by atoms with Gasteiger partial charge in [0.25, 0.3) is 12.3 Å². The first-order valence-corrected chi connectivity index (χ1v) is 11.7. The van der Waals surface area contributed by atoms with E-state index in [1.807, 2.05) is 13.8 Å². The Balaban J connectivity index is 0.00000176. The van der Waals surface area contributed by atoms with Crippen LogP contribution in [0.1, 0.15) is 42.6 Å². The Morgan fingerprint density at radius 3 is 2.64 bits per heavy atom. The molecule has 192 valence electrons. The quantitative estimate of drug-likeness (QED) is 0.460. The molecule has 0 aliphatic carbocycles.